The van der Waals surface area contributed by atoms with Gasteiger partial charge in [-0.05, 0) is 25.2 Å². The Balaban J connectivity index is 1.74. The molecular weight excluding hydrogens is 254 g/mol. The second-order valence-corrected chi connectivity index (χ2v) is 5.37. The van der Waals surface area contributed by atoms with Crippen LogP contribution in [-0.4, -0.2) is 28.1 Å². The highest BCUT2D eigenvalue weighted by Gasteiger charge is 2.14. The molecule has 1 aromatic rings. The van der Waals surface area contributed by atoms with Gasteiger partial charge in [-0.15, -0.1) is 0 Å². The second-order valence-electron chi connectivity index (χ2n) is 5.37. The summed E-state index contributed by atoms with van der Waals surface area (Å²) in [5, 5.41) is 3.20. The first kappa shape index (κ1) is 14.8. The van der Waals surface area contributed by atoms with Gasteiger partial charge in [0.05, 0.1) is 6.61 Å². The molecule has 6 heteroatoms. The minimum atomic E-state index is 0.199. The SMILES string of the molecule is CCCOc1nc(N)nc(NCCCC2CCCC2)n1. The zero-order chi connectivity index (χ0) is 14.2. The van der Waals surface area contributed by atoms with Crippen molar-refractivity contribution in [2.24, 2.45) is 5.92 Å². The van der Waals surface area contributed by atoms with Gasteiger partial charge in [0.15, 0.2) is 0 Å². The lowest BCUT2D eigenvalue weighted by atomic mass is 10.0. The van der Waals surface area contributed by atoms with Crippen LogP contribution in [0.3, 0.4) is 0 Å². The van der Waals surface area contributed by atoms with Crippen LogP contribution in [0.2, 0.25) is 0 Å². The van der Waals surface area contributed by atoms with Gasteiger partial charge >= 0.3 is 6.01 Å². The summed E-state index contributed by atoms with van der Waals surface area (Å²) in [7, 11) is 0. The number of rotatable bonds is 8. The van der Waals surface area contributed by atoms with Gasteiger partial charge in [0.25, 0.3) is 0 Å². The number of nitrogen functional groups attached to an aromatic ring is 1. The van der Waals surface area contributed by atoms with Crippen molar-refractivity contribution < 1.29 is 4.74 Å². The lowest BCUT2D eigenvalue weighted by molar-refractivity contribution is 0.292. The number of nitrogens with two attached hydrogens (primary N) is 1. The van der Waals surface area contributed by atoms with E-state index in [4.69, 9.17) is 10.5 Å². The van der Waals surface area contributed by atoms with Crippen LogP contribution in [0.15, 0.2) is 0 Å². The van der Waals surface area contributed by atoms with Crippen molar-refractivity contribution >= 4 is 11.9 Å². The van der Waals surface area contributed by atoms with Crippen molar-refractivity contribution in [2.45, 2.75) is 51.9 Å². The van der Waals surface area contributed by atoms with Crippen LogP contribution >= 0.6 is 0 Å². The molecule has 0 radical (unpaired) electrons. The van der Waals surface area contributed by atoms with E-state index in [9.17, 15) is 0 Å². The summed E-state index contributed by atoms with van der Waals surface area (Å²) in [5.41, 5.74) is 5.65. The molecule has 2 rings (SSSR count). The molecule has 112 valence electrons. The van der Waals surface area contributed by atoms with E-state index in [1.807, 2.05) is 6.92 Å². The van der Waals surface area contributed by atoms with Gasteiger partial charge in [0.1, 0.15) is 0 Å². The maximum Gasteiger partial charge on any atom is 0.323 e. The van der Waals surface area contributed by atoms with Crippen LogP contribution in [0.1, 0.15) is 51.9 Å². The van der Waals surface area contributed by atoms with Crippen molar-refractivity contribution in [3.05, 3.63) is 0 Å². The average molecular weight is 279 g/mol. The highest BCUT2D eigenvalue weighted by molar-refractivity contribution is 5.32. The minimum absolute atomic E-state index is 0.199. The van der Waals surface area contributed by atoms with Gasteiger partial charge in [-0.1, -0.05) is 32.6 Å². The second kappa shape index (κ2) is 7.87. The summed E-state index contributed by atoms with van der Waals surface area (Å²) >= 11 is 0. The average Bonchev–Trinajstić information content (AvgIpc) is 2.94. The molecule has 0 spiro atoms. The normalized spacial score (nSPS) is 15.4. The van der Waals surface area contributed by atoms with E-state index >= 15 is 0 Å². The van der Waals surface area contributed by atoms with Gasteiger partial charge in [-0.2, -0.15) is 15.0 Å². The molecule has 3 N–H and O–H groups in total. The number of nitrogens with zero attached hydrogens (tertiary/aromatic N) is 3. The van der Waals surface area contributed by atoms with Crippen LogP contribution < -0.4 is 15.8 Å². The Morgan fingerprint density at radius 3 is 2.80 bits per heavy atom. The molecule has 20 heavy (non-hydrogen) atoms. The smallest absolute Gasteiger partial charge is 0.323 e. The number of hydrogen-bond acceptors (Lipinski definition) is 6. The molecule has 0 atom stereocenters. The Bertz CT molecular complexity index is 407. The fourth-order valence-electron chi connectivity index (χ4n) is 2.60. The van der Waals surface area contributed by atoms with Crippen molar-refractivity contribution in [2.75, 3.05) is 24.2 Å². The summed E-state index contributed by atoms with van der Waals surface area (Å²) in [6, 6.07) is 0.303. The van der Waals surface area contributed by atoms with E-state index in [1.165, 1.54) is 32.1 Å². The Morgan fingerprint density at radius 1 is 1.25 bits per heavy atom. The molecule has 0 aliphatic heterocycles. The van der Waals surface area contributed by atoms with E-state index in [0.29, 0.717) is 18.6 Å². The number of aromatic nitrogens is 3. The fourth-order valence-corrected chi connectivity index (χ4v) is 2.60. The van der Waals surface area contributed by atoms with Gasteiger partial charge in [0.2, 0.25) is 11.9 Å². The summed E-state index contributed by atoms with van der Waals surface area (Å²) in [6.45, 7) is 3.49. The molecule has 1 aromatic heterocycles. The third-order valence-corrected chi connectivity index (χ3v) is 3.61. The number of ether oxygens (including phenoxy) is 1. The molecule has 1 aliphatic rings. The number of nitrogens with one attached hydrogen (secondary N) is 1. The molecule has 0 amide bonds. The van der Waals surface area contributed by atoms with Gasteiger partial charge < -0.3 is 15.8 Å². The minimum Gasteiger partial charge on any atom is -0.463 e. The monoisotopic (exact) mass is 279 g/mol. The first-order valence-electron chi connectivity index (χ1n) is 7.66. The van der Waals surface area contributed by atoms with E-state index in [0.717, 1.165) is 25.3 Å². The Kier molecular flexibility index (Phi) is 5.83. The quantitative estimate of drug-likeness (QED) is 0.711. The predicted octanol–water partition coefficient (Wildman–Crippen LogP) is 2.62. The van der Waals surface area contributed by atoms with E-state index in [1.54, 1.807) is 0 Å². The Hall–Kier alpha value is -1.59. The summed E-state index contributed by atoms with van der Waals surface area (Å²) < 4.78 is 5.38. The molecule has 1 fully saturated rings. The third-order valence-electron chi connectivity index (χ3n) is 3.61. The first-order valence-corrected chi connectivity index (χ1v) is 7.66. The topological polar surface area (TPSA) is 86.0 Å². The van der Waals surface area contributed by atoms with Crippen LogP contribution in [-0.2, 0) is 0 Å². The van der Waals surface area contributed by atoms with Crippen LogP contribution in [0.5, 0.6) is 6.01 Å². The van der Waals surface area contributed by atoms with Gasteiger partial charge in [0, 0.05) is 6.54 Å². The summed E-state index contributed by atoms with van der Waals surface area (Å²) in [4.78, 5) is 12.2. The van der Waals surface area contributed by atoms with Crippen molar-refractivity contribution in [1.82, 2.24) is 15.0 Å². The lowest BCUT2D eigenvalue weighted by Crippen LogP contribution is -2.11. The molecule has 1 saturated carbocycles. The molecular formula is C14H25N5O. The molecule has 1 aliphatic carbocycles. The van der Waals surface area contributed by atoms with Crippen molar-refractivity contribution in [3.63, 3.8) is 0 Å². The van der Waals surface area contributed by atoms with E-state index < -0.39 is 0 Å². The predicted molar refractivity (Wildman–Crippen MR) is 79.7 cm³/mol. The van der Waals surface area contributed by atoms with E-state index in [2.05, 4.69) is 20.3 Å². The summed E-state index contributed by atoms with van der Waals surface area (Å²) in [6.07, 6.45) is 8.94. The van der Waals surface area contributed by atoms with Crippen LogP contribution in [0, 0.1) is 5.92 Å². The molecule has 1 heterocycles. The molecule has 0 saturated heterocycles. The molecule has 0 bridgehead atoms. The third kappa shape index (κ3) is 4.83. The fraction of sp³-hybridized carbons (Fsp3) is 0.786. The maximum absolute atomic E-state index is 5.65. The van der Waals surface area contributed by atoms with Crippen LogP contribution in [0.4, 0.5) is 11.9 Å². The van der Waals surface area contributed by atoms with E-state index in [-0.39, 0.29) is 5.95 Å². The van der Waals surface area contributed by atoms with Gasteiger partial charge in [-0.25, -0.2) is 0 Å². The van der Waals surface area contributed by atoms with Crippen molar-refractivity contribution in [1.29, 1.82) is 0 Å². The Morgan fingerprint density at radius 2 is 2.05 bits per heavy atom. The highest BCUT2D eigenvalue weighted by Crippen LogP contribution is 2.28. The first-order chi connectivity index (χ1) is 9.78. The van der Waals surface area contributed by atoms with Gasteiger partial charge in [-0.3, -0.25) is 0 Å². The highest BCUT2D eigenvalue weighted by atomic mass is 16.5. The molecule has 0 unspecified atom stereocenters. The summed E-state index contributed by atoms with van der Waals surface area (Å²) in [5.74, 6) is 1.63. The van der Waals surface area contributed by atoms with Crippen LogP contribution in [0.25, 0.3) is 0 Å². The Labute approximate surface area is 120 Å². The zero-order valence-corrected chi connectivity index (χ0v) is 12.3. The standard InChI is InChI=1S/C14H25N5O/c1-2-10-20-14-18-12(15)17-13(19-14)16-9-5-8-11-6-3-4-7-11/h11H,2-10H2,1H3,(H3,15,16,17,18,19). The van der Waals surface area contributed by atoms with Crippen molar-refractivity contribution in [3.8, 4) is 6.01 Å². The molecule has 0 aromatic carbocycles. The largest absolute Gasteiger partial charge is 0.463 e. The zero-order valence-electron chi connectivity index (χ0n) is 12.3. The lowest BCUT2D eigenvalue weighted by Gasteiger charge is -2.10. The number of anilines is 2. The molecule has 6 nitrogen and oxygen atoms in total. The number of hydrogen-bond donors (Lipinski definition) is 2. The maximum atomic E-state index is 5.65.